The third kappa shape index (κ3) is 10.8. The van der Waals surface area contributed by atoms with E-state index in [1.54, 1.807) is 109 Å². The van der Waals surface area contributed by atoms with E-state index in [1.165, 1.54) is 12.2 Å². The van der Waals surface area contributed by atoms with Crippen molar-refractivity contribution in [2.45, 2.75) is 0 Å². The largest absolute Gasteiger partial charge is 0.478 e. The van der Waals surface area contributed by atoms with E-state index in [0.717, 1.165) is 57.6 Å². The molecule has 0 heterocycles. The molecule has 8 aromatic carbocycles. The summed E-state index contributed by atoms with van der Waals surface area (Å²) in [6.45, 7) is 0. The molecule has 0 aromatic heterocycles. The predicted molar refractivity (Wildman–Crippen MR) is 263 cm³/mol. The molecular weight excluding hydrogens is 889 g/mol. The molecule has 342 valence electrons. The van der Waals surface area contributed by atoms with Gasteiger partial charge in [0.15, 0.2) is 11.6 Å². The molecule has 0 aliphatic rings. The van der Waals surface area contributed by atoms with Crippen LogP contribution in [-0.4, -0.2) is 55.9 Å². The van der Waals surface area contributed by atoms with E-state index in [2.05, 4.69) is 0 Å². The Bertz CT molecular complexity index is 3130. The SMILES string of the molecule is O=C(C=Cc1ccc(-c2ccc(Oc3cc(C(=O)O)c(C(=O)O)c(-c4cc(Oc5ccc(-c6ccc(C=CC(=O)c7ccccc7)cc6)cc5)cc(C(=O)O)c4C(=O)O)c3)cc2)cc1)c1ccccc1. The Labute approximate surface area is 399 Å². The van der Waals surface area contributed by atoms with E-state index in [1.807, 2.05) is 60.7 Å². The number of carbonyl (C=O) groups is 6. The van der Waals surface area contributed by atoms with E-state index in [-0.39, 0.29) is 34.6 Å². The van der Waals surface area contributed by atoms with E-state index < -0.39 is 57.3 Å². The fraction of sp³-hybridized carbons (Fsp3) is 0. The van der Waals surface area contributed by atoms with Crippen LogP contribution in [-0.2, 0) is 0 Å². The average molecular weight is 927 g/mol. The van der Waals surface area contributed by atoms with Gasteiger partial charge in [0.2, 0.25) is 0 Å². The monoisotopic (exact) mass is 926 g/mol. The molecule has 0 saturated heterocycles. The first-order valence-corrected chi connectivity index (χ1v) is 21.4. The van der Waals surface area contributed by atoms with Crippen molar-refractivity contribution < 1.29 is 58.7 Å². The highest BCUT2D eigenvalue weighted by Gasteiger charge is 2.30. The van der Waals surface area contributed by atoms with E-state index in [9.17, 15) is 49.2 Å². The maximum Gasteiger partial charge on any atom is 0.337 e. The summed E-state index contributed by atoms with van der Waals surface area (Å²) >= 11 is 0. The number of hydrogen-bond acceptors (Lipinski definition) is 8. The maximum atomic E-state index is 12.8. The third-order valence-electron chi connectivity index (χ3n) is 11.0. The smallest absolute Gasteiger partial charge is 0.337 e. The molecule has 12 nitrogen and oxygen atoms in total. The van der Waals surface area contributed by atoms with Crippen LogP contribution in [0.4, 0.5) is 0 Å². The van der Waals surface area contributed by atoms with Crippen LogP contribution in [0.25, 0.3) is 45.5 Å². The number of rotatable bonds is 17. The highest BCUT2D eigenvalue weighted by atomic mass is 16.5. The minimum Gasteiger partial charge on any atom is -0.478 e. The minimum atomic E-state index is -1.73. The summed E-state index contributed by atoms with van der Waals surface area (Å²) in [5, 5.41) is 41.3. The van der Waals surface area contributed by atoms with Gasteiger partial charge < -0.3 is 29.9 Å². The van der Waals surface area contributed by atoms with Crippen LogP contribution >= 0.6 is 0 Å². The van der Waals surface area contributed by atoms with Gasteiger partial charge in [-0.2, -0.15) is 0 Å². The Balaban J connectivity index is 1.06. The summed E-state index contributed by atoms with van der Waals surface area (Å²) in [5.41, 5.74) is 1.94. The summed E-state index contributed by atoms with van der Waals surface area (Å²) in [4.78, 5) is 75.9. The van der Waals surface area contributed by atoms with Gasteiger partial charge >= 0.3 is 23.9 Å². The first-order chi connectivity index (χ1) is 33.8. The molecular formula is C58H38O12. The second-order valence-electron chi connectivity index (χ2n) is 15.6. The maximum absolute atomic E-state index is 12.8. The van der Waals surface area contributed by atoms with Crippen molar-refractivity contribution in [3.05, 3.63) is 239 Å². The van der Waals surface area contributed by atoms with Crippen LogP contribution in [0.2, 0.25) is 0 Å². The first-order valence-electron chi connectivity index (χ1n) is 21.4. The van der Waals surface area contributed by atoms with Crippen LogP contribution in [0, 0.1) is 0 Å². The highest BCUT2D eigenvalue weighted by molar-refractivity contribution is 6.12. The Morgan fingerprint density at radius 2 is 0.657 bits per heavy atom. The second-order valence-corrected chi connectivity index (χ2v) is 15.6. The molecule has 0 aliphatic heterocycles. The van der Waals surface area contributed by atoms with Crippen molar-refractivity contribution in [3.63, 3.8) is 0 Å². The van der Waals surface area contributed by atoms with Crippen LogP contribution < -0.4 is 9.47 Å². The zero-order valence-electron chi connectivity index (χ0n) is 36.7. The molecule has 0 spiro atoms. The zero-order valence-corrected chi connectivity index (χ0v) is 36.7. The Morgan fingerprint density at radius 1 is 0.343 bits per heavy atom. The van der Waals surface area contributed by atoms with Gasteiger partial charge in [-0.3, -0.25) is 9.59 Å². The molecule has 0 radical (unpaired) electrons. The van der Waals surface area contributed by atoms with Gasteiger partial charge in [0.05, 0.1) is 22.3 Å². The van der Waals surface area contributed by atoms with Crippen molar-refractivity contribution >= 4 is 47.6 Å². The summed E-state index contributed by atoms with van der Waals surface area (Å²) < 4.78 is 12.1. The van der Waals surface area contributed by atoms with Crippen LogP contribution in [0.15, 0.2) is 194 Å². The summed E-state index contributed by atoms with van der Waals surface area (Å²) in [5.74, 6) is -7.01. The molecule has 0 atom stereocenters. The molecule has 0 saturated carbocycles. The number of benzene rings is 8. The number of carboxylic acid groups (broad SMARTS) is 4. The number of carbonyl (C=O) groups excluding carboxylic acids is 2. The second kappa shape index (κ2) is 20.7. The summed E-state index contributed by atoms with van der Waals surface area (Å²) in [6.07, 6.45) is 6.44. The van der Waals surface area contributed by atoms with Gasteiger partial charge in [0.1, 0.15) is 23.0 Å². The molecule has 8 aromatic rings. The van der Waals surface area contributed by atoms with E-state index in [4.69, 9.17) is 9.47 Å². The molecule has 0 bridgehead atoms. The lowest BCUT2D eigenvalue weighted by atomic mass is 9.89. The molecule has 12 heteroatoms. The Morgan fingerprint density at radius 3 is 0.957 bits per heavy atom. The number of carboxylic acids is 4. The van der Waals surface area contributed by atoms with Gasteiger partial charge in [-0.15, -0.1) is 0 Å². The van der Waals surface area contributed by atoms with Crippen LogP contribution in [0.3, 0.4) is 0 Å². The lowest BCUT2D eigenvalue weighted by Crippen LogP contribution is -2.14. The predicted octanol–water partition coefficient (Wildman–Crippen LogP) is 12.9. The van der Waals surface area contributed by atoms with E-state index in [0.29, 0.717) is 11.1 Å². The molecule has 0 amide bonds. The van der Waals surface area contributed by atoms with Gasteiger partial charge in [0, 0.05) is 22.3 Å². The Hall–Kier alpha value is -9.94. The normalized spacial score (nSPS) is 11.0. The number of ketones is 2. The molecule has 0 aliphatic carbocycles. The average Bonchev–Trinajstić information content (AvgIpc) is 3.37. The number of hydrogen-bond donors (Lipinski definition) is 4. The van der Waals surface area contributed by atoms with Gasteiger partial charge in [-0.1, -0.05) is 146 Å². The molecule has 4 N–H and O–H groups in total. The van der Waals surface area contributed by atoms with Crippen molar-refractivity contribution in [2.75, 3.05) is 0 Å². The number of allylic oxidation sites excluding steroid dienone is 2. The molecule has 8 rings (SSSR count). The summed E-state index contributed by atoms with van der Waals surface area (Å²) in [6, 6.07) is 50.3. The summed E-state index contributed by atoms with van der Waals surface area (Å²) in [7, 11) is 0. The van der Waals surface area contributed by atoms with Crippen LogP contribution in [0.5, 0.6) is 23.0 Å². The van der Waals surface area contributed by atoms with Crippen molar-refractivity contribution in [3.8, 4) is 56.4 Å². The molecule has 0 unspecified atom stereocenters. The standard InChI is InChI=1S/C58H38O12/c59-51(41-7-3-1-4-8-41)29-15-35-11-17-37(18-12-35)39-21-25-43(26-22-39)69-45-31-47(53(57(65)66)49(33-45)55(61)62)48-32-46(34-50(56(63)64)54(48)58(67)68)70-44-27-23-40(24-28-44)38-19-13-36(14-20-38)16-30-52(60)42-9-5-2-6-10-42/h1-34H,(H,61,62)(H,63,64)(H,65,66)(H,67,68). The zero-order chi connectivity index (χ0) is 49.3. The topological polar surface area (TPSA) is 202 Å². The quantitative estimate of drug-likeness (QED) is 0.0498. The van der Waals surface area contributed by atoms with E-state index >= 15 is 0 Å². The third-order valence-corrected chi connectivity index (χ3v) is 11.0. The number of ether oxygens (including phenoxy) is 2. The lowest BCUT2D eigenvalue weighted by molar-refractivity contribution is 0.0650. The van der Waals surface area contributed by atoms with Gasteiger partial charge in [-0.25, -0.2) is 19.2 Å². The van der Waals surface area contributed by atoms with Crippen molar-refractivity contribution in [2.24, 2.45) is 0 Å². The molecule has 0 fully saturated rings. The fourth-order valence-corrected chi connectivity index (χ4v) is 7.59. The van der Waals surface area contributed by atoms with Crippen molar-refractivity contribution in [1.82, 2.24) is 0 Å². The van der Waals surface area contributed by atoms with Gasteiger partial charge in [0.25, 0.3) is 0 Å². The van der Waals surface area contributed by atoms with Gasteiger partial charge in [-0.05, 0) is 94.1 Å². The number of aromatic carboxylic acids is 4. The fourth-order valence-electron chi connectivity index (χ4n) is 7.59. The van der Waals surface area contributed by atoms with Crippen molar-refractivity contribution in [1.29, 1.82) is 0 Å². The highest BCUT2D eigenvalue weighted by Crippen LogP contribution is 2.40. The lowest BCUT2D eigenvalue weighted by Gasteiger charge is -2.18. The van der Waals surface area contributed by atoms with Crippen LogP contribution in [0.1, 0.15) is 73.3 Å². The first kappa shape index (κ1) is 46.6. The minimum absolute atomic E-state index is 0.127. The molecule has 70 heavy (non-hydrogen) atoms. The Kier molecular flexibility index (Phi) is 13.8.